The van der Waals surface area contributed by atoms with Gasteiger partial charge in [-0.3, -0.25) is 0 Å². The summed E-state index contributed by atoms with van der Waals surface area (Å²) in [4.78, 5) is 24.5. The summed E-state index contributed by atoms with van der Waals surface area (Å²) in [5, 5.41) is 2.00. The van der Waals surface area contributed by atoms with Crippen LogP contribution >= 0.6 is 0 Å². The van der Waals surface area contributed by atoms with Gasteiger partial charge in [0.15, 0.2) is 0 Å². The van der Waals surface area contributed by atoms with Crippen LogP contribution in [0.25, 0.3) is 16.8 Å². The van der Waals surface area contributed by atoms with Gasteiger partial charge in [-0.25, -0.2) is 9.59 Å². The minimum atomic E-state index is -0.647. The van der Waals surface area contributed by atoms with Gasteiger partial charge < -0.3 is 9.47 Å². The quantitative estimate of drug-likeness (QED) is 0.332. The molecule has 0 aliphatic heterocycles. The molecule has 0 heterocycles. The molecule has 0 saturated heterocycles. The molecule has 126 valence electrons. The van der Waals surface area contributed by atoms with E-state index in [0.29, 0.717) is 12.8 Å². The lowest BCUT2D eigenvalue weighted by Crippen LogP contribution is -2.19. The number of hydrogen-bond acceptors (Lipinski definition) is 4. The maximum atomic E-state index is 12.3. The van der Waals surface area contributed by atoms with Crippen LogP contribution in [-0.4, -0.2) is 25.2 Å². The zero-order valence-electron chi connectivity index (χ0n) is 14.1. The predicted molar refractivity (Wildman–Crippen MR) is 94.4 cm³/mol. The fourth-order valence-electron chi connectivity index (χ4n) is 2.28. The Morgan fingerprint density at radius 1 is 0.875 bits per heavy atom. The van der Waals surface area contributed by atoms with E-state index in [0.717, 1.165) is 16.3 Å². The number of carbonyl (C=O) groups is 2. The summed E-state index contributed by atoms with van der Waals surface area (Å²) in [5.41, 5.74) is 0.707. The van der Waals surface area contributed by atoms with Crippen LogP contribution in [0.1, 0.15) is 32.3 Å². The summed E-state index contributed by atoms with van der Waals surface area (Å²) in [6, 6.07) is 13.5. The van der Waals surface area contributed by atoms with E-state index in [4.69, 9.17) is 9.47 Å². The van der Waals surface area contributed by atoms with E-state index in [1.54, 1.807) is 6.08 Å². The van der Waals surface area contributed by atoms with Crippen molar-refractivity contribution in [2.75, 3.05) is 13.2 Å². The third kappa shape index (κ3) is 4.44. The van der Waals surface area contributed by atoms with Crippen LogP contribution in [0, 0.1) is 0 Å². The van der Waals surface area contributed by atoms with Gasteiger partial charge >= 0.3 is 11.9 Å². The van der Waals surface area contributed by atoms with Crippen molar-refractivity contribution in [2.45, 2.75) is 26.7 Å². The molecule has 0 aliphatic carbocycles. The van der Waals surface area contributed by atoms with Gasteiger partial charge in [0, 0.05) is 0 Å². The van der Waals surface area contributed by atoms with Crippen LogP contribution in [0.4, 0.5) is 0 Å². The van der Waals surface area contributed by atoms with Crippen molar-refractivity contribution in [2.24, 2.45) is 0 Å². The fourth-order valence-corrected chi connectivity index (χ4v) is 2.28. The first kappa shape index (κ1) is 17.7. The Balaban J connectivity index is 2.42. The van der Waals surface area contributed by atoms with Gasteiger partial charge in [-0.15, -0.1) is 0 Å². The molecule has 0 amide bonds. The molecule has 4 heteroatoms. The largest absolute Gasteiger partial charge is 0.462 e. The lowest BCUT2D eigenvalue weighted by molar-refractivity contribution is -0.147. The smallest absolute Gasteiger partial charge is 0.345 e. The standard InChI is InChI=1S/C20H22O4/c1-3-12-23-19(21)18(20(22)24-13-4-2)14-16-10-7-9-15-8-5-6-11-17(15)16/h5-11,14H,3-4,12-13H2,1-2H3. The molecular formula is C20H22O4. The molecule has 2 rings (SSSR count). The molecule has 0 unspecified atom stereocenters. The molecule has 0 aliphatic rings. The Hall–Kier alpha value is -2.62. The Labute approximate surface area is 142 Å². The third-order valence-electron chi connectivity index (χ3n) is 3.44. The van der Waals surface area contributed by atoms with Crippen LogP contribution in [0.5, 0.6) is 0 Å². The number of esters is 2. The summed E-state index contributed by atoms with van der Waals surface area (Å²) >= 11 is 0. The lowest BCUT2D eigenvalue weighted by Gasteiger charge is -2.09. The molecular weight excluding hydrogens is 304 g/mol. The third-order valence-corrected chi connectivity index (χ3v) is 3.44. The Morgan fingerprint density at radius 2 is 1.46 bits per heavy atom. The number of rotatable bonds is 7. The van der Waals surface area contributed by atoms with Gasteiger partial charge in [0.2, 0.25) is 0 Å². The molecule has 0 atom stereocenters. The van der Waals surface area contributed by atoms with Crippen LogP contribution in [0.2, 0.25) is 0 Å². The van der Waals surface area contributed by atoms with Crippen molar-refractivity contribution in [3.8, 4) is 0 Å². The second kappa shape index (κ2) is 8.87. The summed E-state index contributed by atoms with van der Waals surface area (Å²) in [7, 11) is 0. The molecule has 0 fully saturated rings. The molecule has 0 aromatic heterocycles. The van der Waals surface area contributed by atoms with Crippen molar-refractivity contribution < 1.29 is 19.1 Å². The van der Waals surface area contributed by atoms with Crippen molar-refractivity contribution in [1.29, 1.82) is 0 Å². The predicted octanol–water partition coefficient (Wildman–Crippen LogP) is 4.13. The van der Waals surface area contributed by atoms with Crippen LogP contribution < -0.4 is 0 Å². The molecule has 0 N–H and O–H groups in total. The number of fused-ring (bicyclic) bond motifs is 1. The Kier molecular flexibility index (Phi) is 6.55. The first-order valence-corrected chi connectivity index (χ1v) is 8.21. The number of benzene rings is 2. The van der Waals surface area contributed by atoms with Gasteiger partial charge in [-0.1, -0.05) is 56.3 Å². The number of ether oxygens (including phenoxy) is 2. The van der Waals surface area contributed by atoms with E-state index >= 15 is 0 Å². The SMILES string of the molecule is CCCOC(=O)C(=Cc1cccc2ccccc12)C(=O)OCCC. The highest BCUT2D eigenvalue weighted by Crippen LogP contribution is 2.21. The second-order valence-electron chi connectivity index (χ2n) is 5.40. The van der Waals surface area contributed by atoms with E-state index in [9.17, 15) is 9.59 Å². The lowest BCUT2D eigenvalue weighted by atomic mass is 10.0. The van der Waals surface area contributed by atoms with Gasteiger partial charge in [0.25, 0.3) is 0 Å². The average molecular weight is 326 g/mol. The molecule has 0 saturated carbocycles. The van der Waals surface area contributed by atoms with Crippen molar-refractivity contribution in [1.82, 2.24) is 0 Å². The van der Waals surface area contributed by atoms with Crippen molar-refractivity contribution in [3.05, 3.63) is 53.6 Å². The van der Waals surface area contributed by atoms with Crippen LogP contribution in [0.3, 0.4) is 0 Å². The van der Waals surface area contributed by atoms with Gasteiger partial charge in [-0.2, -0.15) is 0 Å². The summed E-state index contributed by atoms with van der Waals surface area (Å²) in [5.74, 6) is -1.29. The number of hydrogen-bond donors (Lipinski definition) is 0. The molecule has 0 radical (unpaired) electrons. The molecule has 4 nitrogen and oxygen atoms in total. The monoisotopic (exact) mass is 326 g/mol. The van der Waals surface area contributed by atoms with Gasteiger partial charge in [0.05, 0.1) is 13.2 Å². The maximum Gasteiger partial charge on any atom is 0.345 e. The van der Waals surface area contributed by atoms with E-state index < -0.39 is 11.9 Å². The average Bonchev–Trinajstić information content (AvgIpc) is 2.62. The number of carbonyl (C=O) groups excluding carboxylic acids is 2. The summed E-state index contributed by atoms with van der Waals surface area (Å²) in [6.45, 7) is 4.34. The minimum Gasteiger partial charge on any atom is -0.462 e. The highest BCUT2D eigenvalue weighted by molar-refractivity contribution is 6.18. The first-order valence-electron chi connectivity index (χ1n) is 8.21. The maximum absolute atomic E-state index is 12.3. The molecule has 2 aromatic rings. The topological polar surface area (TPSA) is 52.6 Å². The van der Waals surface area contributed by atoms with Crippen molar-refractivity contribution in [3.63, 3.8) is 0 Å². The molecule has 0 bridgehead atoms. The van der Waals surface area contributed by atoms with Crippen LogP contribution in [0.15, 0.2) is 48.0 Å². The van der Waals surface area contributed by atoms with Gasteiger partial charge in [-0.05, 0) is 35.3 Å². The van der Waals surface area contributed by atoms with E-state index in [1.807, 2.05) is 56.3 Å². The van der Waals surface area contributed by atoms with E-state index in [1.165, 1.54) is 0 Å². The van der Waals surface area contributed by atoms with Crippen molar-refractivity contribution >= 4 is 28.8 Å². The highest BCUT2D eigenvalue weighted by Gasteiger charge is 2.21. The normalized spacial score (nSPS) is 10.2. The van der Waals surface area contributed by atoms with Gasteiger partial charge in [0.1, 0.15) is 5.57 Å². The molecule has 24 heavy (non-hydrogen) atoms. The zero-order valence-corrected chi connectivity index (χ0v) is 14.1. The van der Waals surface area contributed by atoms with E-state index in [-0.39, 0.29) is 18.8 Å². The Bertz CT molecular complexity index is 719. The Morgan fingerprint density at radius 3 is 2.08 bits per heavy atom. The minimum absolute atomic E-state index is 0.0757. The highest BCUT2D eigenvalue weighted by atomic mass is 16.6. The second-order valence-corrected chi connectivity index (χ2v) is 5.40. The zero-order chi connectivity index (χ0) is 17.4. The molecule has 2 aromatic carbocycles. The van der Waals surface area contributed by atoms with Crippen LogP contribution in [-0.2, 0) is 19.1 Å². The van der Waals surface area contributed by atoms with E-state index in [2.05, 4.69) is 0 Å². The molecule has 0 spiro atoms. The summed E-state index contributed by atoms with van der Waals surface area (Å²) in [6.07, 6.45) is 2.94. The fraction of sp³-hybridized carbons (Fsp3) is 0.300. The first-order chi connectivity index (χ1) is 11.7. The summed E-state index contributed by atoms with van der Waals surface area (Å²) < 4.78 is 10.3.